The Morgan fingerprint density at radius 3 is 2.85 bits per heavy atom. The molecule has 0 aromatic rings. The van der Waals surface area contributed by atoms with Crippen LogP contribution in [0.4, 0.5) is 0 Å². The van der Waals surface area contributed by atoms with E-state index in [2.05, 4.69) is 6.08 Å². The van der Waals surface area contributed by atoms with Crippen LogP contribution in [0.2, 0.25) is 0 Å². The lowest BCUT2D eigenvalue weighted by Gasteiger charge is -2.13. The second-order valence-electron chi connectivity index (χ2n) is 3.56. The zero-order valence-corrected chi connectivity index (χ0v) is 8.36. The van der Waals surface area contributed by atoms with Gasteiger partial charge in [-0.25, -0.2) is 0 Å². The minimum absolute atomic E-state index is 0.187. The Morgan fingerprint density at radius 1 is 1.54 bits per heavy atom. The standard InChI is InChI=1S/C11H18O2/c1-9(10(2)12)6-7-11-5-3-4-8-13-11/h5-7,9-10,12H,3-4,8H2,1-2H3/b7-6+/t9-,10+/m0/s1. The van der Waals surface area contributed by atoms with Crippen molar-refractivity contribution in [1.29, 1.82) is 0 Å². The molecule has 13 heavy (non-hydrogen) atoms. The molecule has 0 bridgehead atoms. The molecule has 0 spiro atoms. The van der Waals surface area contributed by atoms with Gasteiger partial charge in [-0.1, -0.05) is 13.0 Å². The first-order valence-electron chi connectivity index (χ1n) is 4.89. The summed E-state index contributed by atoms with van der Waals surface area (Å²) < 4.78 is 5.40. The lowest BCUT2D eigenvalue weighted by atomic mass is 10.1. The van der Waals surface area contributed by atoms with Crippen molar-refractivity contribution in [3.05, 3.63) is 24.0 Å². The average Bonchev–Trinajstić information content (AvgIpc) is 2.15. The van der Waals surface area contributed by atoms with E-state index in [1.807, 2.05) is 19.1 Å². The van der Waals surface area contributed by atoms with Gasteiger partial charge >= 0.3 is 0 Å². The average molecular weight is 182 g/mol. The number of aliphatic hydroxyl groups excluding tert-OH is 1. The van der Waals surface area contributed by atoms with E-state index >= 15 is 0 Å². The first-order valence-corrected chi connectivity index (χ1v) is 4.89. The van der Waals surface area contributed by atoms with Gasteiger partial charge in [0.25, 0.3) is 0 Å². The first kappa shape index (κ1) is 10.3. The van der Waals surface area contributed by atoms with Crippen LogP contribution >= 0.6 is 0 Å². The van der Waals surface area contributed by atoms with Crippen molar-refractivity contribution in [3.63, 3.8) is 0 Å². The molecular formula is C11H18O2. The monoisotopic (exact) mass is 182 g/mol. The maximum atomic E-state index is 9.24. The van der Waals surface area contributed by atoms with Gasteiger partial charge in [0, 0.05) is 5.92 Å². The third-order valence-electron chi connectivity index (χ3n) is 2.29. The van der Waals surface area contributed by atoms with Crippen molar-refractivity contribution in [2.75, 3.05) is 6.61 Å². The van der Waals surface area contributed by atoms with Gasteiger partial charge in [0.1, 0.15) is 5.76 Å². The molecule has 0 saturated heterocycles. The molecule has 2 atom stereocenters. The summed E-state index contributed by atoms with van der Waals surface area (Å²) >= 11 is 0. The van der Waals surface area contributed by atoms with Gasteiger partial charge in [0.05, 0.1) is 12.7 Å². The van der Waals surface area contributed by atoms with Crippen molar-refractivity contribution < 1.29 is 9.84 Å². The van der Waals surface area contributed by atoms with Gasteiger partial charge in [0.15, 0.2) is 0 Å². The van der Waals surface area contributed by atoms with E-state index in [0.29, 0.717) is 0 Å². The summed E-state index contributed by atoms with van der Waals surface area (Å²) in [6.45, 7) is 4.61. The fraction of sp³-hybridized carbons (Fsp3) is 0.636. The molecule has 0 aromatic heterocycles. The molecule has 0 unspecified atom stereocenters. The van der Waals surface area contributed by atoms with Crippen LogP contribution in [0.25, 0.3) is 0 Å². The van der Waals surface area contributed by atoms with Crippen LogP contribution in [0.5, 0.6) is 0 Å². The summed E-state index contributed by atoms with van der Waals surface area (Å²) in [5, 5.41) is 9.24. The zero-order chi connectivity index (χ0) is 9.68. The number of ether oxygens (including phenoxy) is 1. The van der Waals surface area contributed by atoms with E-state index in [1.165, 1.54) is 0 Å². The quantitative estimate of drug-likeness (QED) is 0.725. The topological polar surface area (TPSA) is 29.5 Å². The highest BCUT2D eigenvalue weighted by atomic mass is 16.5. The molecule has 1 heterocycles. The van der Waals surface area contributed by atoms with Gasteiger partial charge in [-0.3, -0.25) is 0 Å². The Morgan fingerprint density at radius 2 is 2.31 bits per heavy atom. The number of allylic oxidation sites excluding steroid dienone is 2. The second kappa shape index (κ2) is 5.07. The van der Waals surface area contributed by atoms with Crippen molar-refractivity contribution in [1.82, 2.24) is 0 Å². The molecule has 1 N–H and O–H groups in total. The molecule has 74 valence electrons. The molecule has 0 radical (unpaired) electrons. The fourth-order valence-electron chi connectivity index (χ4n) is 1.10. The number of aliphatic hydroxyl groups is 1. The Balaban J connectivity index is 2.42. The van der Waals surface area contributed by atoms with Crippen molar-refractivity contribution in [2.45, 2.75) is 32.8 Å². The van der Waals surface area contributed by atoms with Gasteiger partial charge in [-0.2, -0.15) is 0 Å². The highest BCUT2D eigenvalue weighted by molar-refractivity contribution is 5.14. The molecule has 2 nitrogen and oxygen atoms in total. The van der Waals surface area contributed by atoms with E-state index in [1.54, 1.807) is 6.92 Å². The smallest absolute Gasteiger partial charge is 0.115 e. The fourth-order valence-corrected chi connectivity index (χ4v) is 1.10. The predicted octanol–water partition coefficient (Wildman–Crippen LogP) is 2.25. The van der Waals surface area contributed by atoms with E-state index < -0.39 is 0 Å². The van der Waals surface area contributed by atoms with Crippen LogP contribution in [0.3, 0.4) is 0 Å². The van der Waals surface area contributed by atoms with E-state index in [9.17, 15) is 5.11 Å². The number of hydrogen-bond acceptors (Lipinski definition) is 2. The summed E-state index contributed by atoms with van der Waals surface area (Å²) in [6, 6.07) is 0. The van der Waals surface area contributed by atoms with Gasteiger partial charge < -0.3 is 9.84 Å². The number of hydrogen-bond donors (Lipinski definition) is 1. The van der Waals surface area contributed by atoms with Gasteiger partial charge in [0.2, 0.25) is 0 Å². The SMILES string of the molecule is C[C@@H](O)[C@@H](C)/C=C/C1=CCCCO1. The summed E-state index contributed by atoms with van der Waals surface area (Å²) in [4.78, 5) is 0. The molecule has 1 aliphatic heterocycles. The Labute approximate surface area is 79.9 Å². The van der Waals surface area contributed by atoms with E-state index in [0.717, 1.165) is 25.2 Å². The minimum Gasteiger partial charge on any atom is -0.494 e. The van der Waals surface area contributed by atoms with Crippen molar-refractivity contribution in [3.8, 4) is 0 Å². The third kappa shape index (κ3) is 3.64. The first-order chi connectivity index (χ1) is 6.20. The van der Waals surface area contributed by atoms with Crippen LogP contribution in [-0.2, 0) is 4.74 Å². The molecule has 1 rings (SSSR count). The minimum atomic E-state index is -0.291. The second-order valence-corrected chi connectivity index (χ2v) is 3.56. The molecule has 0 aliphatic carbocycles. The largest absolute Gasteiger partial charge is 0.494 e. The summed E-state index contributed by atoms with van der Waals surface area (Å²) in [7, 11) is 0. The van der Waals surface area contributed by atoms with Gasteiger partial charge in [-0.05, 0) is 31.9 Å². The Kier molecular flexibility index (Phi) is 4.03. The summed E-state index contributed by atoms with van der Waals surface area (Å²) in [5.74, 6) is 1.13. The zero-order valence-electron chi connectivity index (χ0n) is 8.36. The molecule has 0 saturated carbocycles. The summed E-state index contributed by atoms with van der Waals surface area (Å²) in [6.07, 6.45) is 7.96. The van der Waals surface area contributed by atoms with E-state index in [-0.39, 0.29) is 12.0 Å². The third-order valence-corrected chi connectivity index (χ3v) is 2.29. The lowest BCUT2D eigenvalue weighted by molar-refractivity contribution is 0.156. The van der Waals surface area contributed by atoms with Crippen LogP contribution in [0.15, 0.2) is 24.0 Å². The molecule has 2 heteroatoms. The molecule has 0 fully saturated rings. The van der Waals surface area contributed by atoms with Crippen molar-refractivity contribution in [2.24, 2.45) is 5.92 Å². The lowest BCUT2D eigenvalue weighted by Crippen LogP contribution is -2.10. The highest BCUT2D eigenvalue weighted by Crippen LogP contribution is 2.13. The van der Waals surface area contributed by atoms with E-state index in [4.69, 9.17) is 4.74 Å². The molecule has 1 aliphatic rings. The maximum Gasteiger partial charge on any atom is 0.115 e. The maximum absolute atomic E-state index is 9.24. The van der Waals surface area contributed by atoms with Crippen LogP contribution < -0.4 is 0 Å². The van der Waals surface area contributed by atoms with Crippen LogP contribution in [0, 0.1) is 5.92 Å². The molecule has 0 aromatic carbocycles. The molecule has 0 amide bonds. The molecular weight excluding hydrogens is 164 g/mol. The van der Waals surface area contributed by atoms with Crippen LogP contribution in [0.1, 0.15) is 26.7 Å². The highest BCUT2D eigenvalue weighted by Gasteiger charge is 2.05. The predicted molar refractivity (Wildman–Crippen MR) is 53.3 cm³/mol. The van der Waals surface area contributed by atoms with Gasteiger partial charge in [-0.15, -0.1) is 0 Å². The number of rotatable bonds is 3. The van der Waals surface area contributed by atoms with Crippen molar-refractivity contribution >= 4 is 0 Å². The van der Waals surface area contributed by atoms with Crippen LogP contribution in [-0.4, -0.2) is 17.8 Å². The Hall–Kier alpha value is -0.760. The summed E-state index contributed by atoms with van der Waals surface area (Å²) in [5.41, 5.74) is 0. The normalized spacial score (nSPS) is 22.2. The Bertz CT molecular complexity index is 204.